The van der Waals surface area contributed by atoms with Crippen molar-refractivity contribution < 1.29 is 9.47 Å². The zero-order valence-electron chi connectivity index (χ0n) is 12.3. The second kappa shape index (κ2) is 5.92. The summed E-state index contributed by atoms with van der Waals surface area (Å²) in [5.74, 6) is 1.40. The maximum absolute atomic E-state index is 5.91. The Bertz CT molecular complexity index is 609. The minimum Gasteiger partial charge on any atom is -0.493 e. The first-order valence-corrected chi connectivity index (χ1v) is 6.52. The van der Waals surface area contributed by atoms with Crippen molar-refractivity contribution in [3.05, 3.63) is 41.6 Å². The van der Waals surface area contributed by atoms with E-state index in [1.54, 1.807) is 14.2 Å². The van der Waals surface area contributed by atoms with Crippen molar-refractivity contribution in [1.29, 1.82) is 0 Å². The van der Waals surface area contributed by atoms with Crippen LogP contribution in [0.2, 0.25) is 0 Å². The Morgan fingerprint density at radius 3 is 2.30 bits per heavy atom. The lowest BCUT2D eigenvalue weighted by Gasteiger charge is -2.12. The number of aryl methyl sites for hydroxylation is 1. The molecule has 0 aliphatic carbocycles. The maximum atomic E-state index is 5.91. The molecule has 1 unspecified atom stereocenters. The Kier molecular flexibility index (Phi) is 4.25. The summed E-state index contributed by atoms with van der Waals surface area (Å²) in [5, 5.41) is 0. The van der Waals surface area contributed by atoms with Crippen molar-refractivity contribution in [2.75, 3.05) is 14.2 Å². The molecule has 2 N–H and O–H groups in total. The average Bonchev–Trinajstić information content (AvgIpc) is 2.45. The van der Waals surface area contributed by atoms with E-state index >= 15 is 0 Å². The second-order valence-corrected chi connectivity index (χ2v) is 4.73. The summed E-state index contributed by atoms with van der Waals surface area (Å²) in [6.45, 7) is 3.93. The quantitative estimate of drug-likeness (QED) is 0.929. The molecule has 20 heavy (non-hydrogen) atoms. The number of methoxy groups -OCH3 is 2. The number of benzene rings is 1. The molecule has 0 fully saturated rings. The molecule has 1 heterocycles. The zero-order valence-corrected chi connectivity index (χ0v) is 12.3. The summed E-state index contributed by atoms with van der Waals surface area (Å²) in [6, 6.07) is 9.76. The van der Waals surface area contributed by atoms with E-state index in [1.165, 1.54) is 0 Å². The van der Waals surface area contributed by atoms with Crippen LogP contribution >= 0.6 is 0 Å². The smallest absolute Gasteiger partial charge is 0.161 e. The predicted octanol–water partition coefficient (Wildman–Crippen LogP) is 3.09. The van der Waals surface area contributed by atoms with E-state index in [4.69, 9.17) is 15.2 Å². The van der Waals surface area contributed by atoms with Gasteiger partial charge >= 0.3 is 0 Å². The Balaban J connectivity index is 2.44. The molecule has 0 radical (unpaired) electrons. The van der Waals surface area contributed by atoms with E-state index in [1.807, 2.05) is 44.2 Å². The Morgan fingerprint density at radius 2 is 1.75 bits per heavy atom. The number of nitrogens with two attached hydrogens (primary N) is 1. The molecule has 106 valence electrons. The fourth-order valence-electron chi connectivity index (χ4n) is 2.21. The standard InChI is InChI=1S/C16H20N2O2/c1-10(17)13-6-7-14(18-11(13)2)12-5-8-15(19-3)16(9-12)20-4/h5-10H,17H2,1-4H3. The van der Waals surface area contributed by atoms with Crippen molar-refractivity contribution in [3.63, 3.8) is 0 Å². The van der Waals surface area contributed by atoms with Crippen molar-refractivity contribution >= 4 is 0 Å². The van der Waals surface area contributed by atoms with E-state index in [9.17, 15) is 0 Å². The summed E-state index contributed by atoms with van der Waals surface area (Å²) in [5.41, 5.74) is 9.81. The van der Waals surface area contributed by atoms with Crippen LogP contribution in [0.4, 0.5) is 0 Å². The Hall–Kier alpha value is -2.07. The van der Waals surface area contributed by atoms with Crippen LogP contribution in [0.3, 0.4) is 0 Å². The summed E-state index contributed by atoms with van der Waals surface area (Å²) in [6.07, 6.45) is 0. The van der Waals surface area contributed by atoms with Gasteiger partial charge in [0.15, 0.2) is 11.5 Å². The van der Waals surface area contributed by atoms with Gasteiger partial charge < -0.3 is 15.2 Å². The molecular weight excluding hydrogens is 252 g/mol. The number of aromatic nitrogens is 1. The number of hydrogen-bond acceptors (Lipinski definition) is 4. The molecule has 0 aliphatic rings. The van der Waals surface area contributed by atoms with Gasteiger partial charge in [0.1, 0.15) is 0 Å². The molecule has 1 aromatic heterocycles. The van der Waals surface area contributed by atoms with Gasteiger partial charge in [0.2, 0.25) is 0 Å². The molecular formula is C16H20N2O2. The van der Waals surface area contributed by atoms with Crippen LogP contribution in [0.15, 0.2) is 30.3 Å². The summed E-state index contributed by atoms with van der Waals surface area (Å²) >= 11 is 0. The number of hydrogen-bond donors (Lipinski definition) is 1. The SMILES string of the molecule is COc1ccc(-c2ccc(C(C)N)c(C)n2)cc1OC. The average molecular weight is 272 g/mol. The molecule has 0 bridgehead atoms. The molecule has 1 atom stereocenters. The lowest BCUT2D eigenvalue weighted by Crippen LogP contribution is -2.08. The highest BCUT2D eigenvalue weighted by Crippen LogP contribution is 2.32. The van der Waals surface area contributed by atoms with Crippen LogP contribution in [0, 0.1) is 6.92 Å². The van der Waals surface area contributed by atoms with Gasteiger partial charge in [-0.2, -0.15) is 0 Å². The Morgan fingerprint density at radius 1 is 1.05 bits per heavy atom. The van der Waals surface area contributed by atoms with Gasteiger partial charge in [-0.15, -0.1) is 0 Å². The van der Waals surface area contributed by atoms with E-state index in [-0.39, 0.29) is 6.04 Å². The van der Waals surface area contributed by atoms with Crippen LogP contribution in [-0.4, -0.2) is 19.2 Å². The van der Waals surface area contributed by atoms with Crippen molar-refractivity contribution in [3.8, 4) is 22.8 Å². The molecule has 0 amide bonds. The molecule has 0 aliphatic heterocycles. The first kappa shape index (κ1) is 14.3. The normalized spacial score (nSPS) is 12.1. The number of pyridine rings is 1. The number of nitrogens with zero attached hydrogens (tertiary/aromatic N) is 1. The van der Waals surface area contributed by atoms with E-state index in [2.05, 4.69) is 4.98 Å². The van der Waals surface area contributed by atoms with Gasteiger partial charge in [0.05, 0.1) is 19.9 Å². The van der Waals surface area contributed by atoms with Gasteiger partial charge in [-0.25, -0.2) is 0 Å². The van der Waals surface area contributed by atoms with Crippen LogP contribution in [0.5, 0.6) is 11.5 Å². The molecule has 0 saturated carbocycles. The maximum Gasteiger partial charge on any atom is 0.161 e. The monoisotopic (exact) mass is 272 g/mol. The van der Waals surface area contributed by atoms with Crippen LogP contribution in [0.1, 0.15) is 24.2 Å². The summed E-state index contributed by atoms with van der Waals surface area (Å²) < 4.78 is 10.6. The molecule has 4 nitrogen and oxygen atoms in total. The third-order valence-electron chi connectivity index (χ3n) is 3.30. The number of rotatable bonds is 4. The highest BCUT2D eigenvalue weighted by Gasteiger charge is 2.10. The minimum absolute atomic E-state index is 0.0121. The molecule has 0 saturated heterocycles. The summed E-state index contributed by atoms with van der Waals surface area (Å²) in [4.78, 5) is 4.62. The third kappa shape index (κ3) is 2.75. The topological polar surface area (TPSA) is 57.4 Å². The van der Waals surface area contributed by atoms with Crippen LogP contribution < -0.4 is 15.2 Å². The summed E-state index contributed by atoms with van der Waals surface area (Å²) in [7, 11) is 3.25. The molecule has 2 rings (SSSR count). The van der Waals surface area contributed by atoms with Crippen molar-refractivity contribution in [1.82, 2.24) is 4.98 Å². The van der Waals surface area contributed by atoms with Crippen molar-refractivity contribution in [2.24, 2.45) is 5.73 Å². The highest BCUT2D eigenvalue weighted by atomic mass is 16.5. The van der Waals surface area contributed by atoms with Crippen LogP contribution in [0.25, 0.3) is 11.3 Å². The van der Waals surface area contributed by atoms with Gasteiger partial charge in [0.25, 0.3) is 0 Å². The lowest BCUT2D eigenvalue weighted by molar-refractivity contribution is 0.355. The fraction of sp³-hybridized carbons (Fsp3) is 0.312. The first-order chi connectivity index (χ1) is 9.56. The molecule has 1 aromatic carbocycles. The second-order valence-electron chi connectivity index (χ2n) is 4.73. The van der Waals surface area contributed by atoms with Gasteiger partial charge in [-0.05, 0) is 43.7 Å². The van der Waals surface area contributed by atoms with Gasteiger partial charge in [-0.3, -0.25) is 4.98 Å². The van der Waals surface area contributed by atoms with E-state index in [0.717, 1.165) is 22.5 Å². The molecule has 4 heteroatoms. The zero-order chi connectivity index (χ0) is 14.7. The Labute approximate surface area is 119 Å². The molecule has 2 aromatic rings. The first-order valence-electron chi connectivity index (χ1n) is 6.52. The number of ether oxygens (including phenoxy) is 2. The predicted molar refractivity (Wildman–Crippen MR) is 80.1 cm³/mol. The largest absolute Gasteiger partial charge is 0.493 e. The van der Waals surface area contributed by atoms with Gasteiger partial charge in [0, 0.05) is 17.3 Å². The molecule has 0 spiro atoms. The van der Waals surface area contributed by atoms with Crippen LogP contribution in [-0.2, 0) is 0 Å². The lowest BCUT2D eigenvalue weighted by atomic mass is 10.0. The van der Waals surface area contributed by atoms with Gasteiger partial charge in [-0.1, -0.05) is 6.07 Å². The van der Waals surface area contributed by atoms with E-state index < -0.39 is 0 Å². The highest BCUT2D eigenvalue weighted by molar-refractivity contribution is 5.64. The van der Waals surface area contributed by atoms with Crippen molar-refractivity contribution in [2.45, 2.75) is 19.9 Å². The third-order valence-corrected chi connectivity index (χ3v) is 3.30. The van der Waals surface area contributed by atoms with E-state index in [0.29, 0.717) is 11.5 Å². The fourth-order valence-corrected chi connectivity index (χ4v) is 2.21. The minimum atomic E-state index is -0.0121.